The Morgan fingerprint density at radius 1 is 1.32 bits per heavy atom. The summed E-state index contributed by atoms with van der Waals surface area (Å²) in [6.45, 7) is 0. The molecule has 0 spiro atoms. The summed E-state index contributed by atoms with van der Waals surface area (Å²) in [7, 11) is -2.38. The zero-order chi connectivity index (χ0) is 14.0. The summed E-state index contributed by atoms with van der Waals surface area (Å²) in [6.07, 6.45) is 0. The first kappa shape index (κ1) is 14.3. The van der Waals surface area contributed by atoms with Crippen molar-refractivity contribution in [2.45, 2.75) is 4.21 Å². The van der Waals surface area contributed by atoms with Gasteiger partial charge in [-0.05, 0) is 40.2 Å². The van der Waals surface area contributed by atoms with Crippen LogP contribution in [0.5, 0.6) is 5.75 Å². The molecule has 0 bridgehead atoms. The second-order valence-corrected chi connectivity index (χ2v) is 7.88. The lowest BCUT2D eigenvalue weighted by atomic mass is 10.3. The predicted octanol–water partition coefficient (Wildman–Crippen LogP) is 3.46. The Morgan fingerprint density at radius 2 is 2.05 bits per heavy atom. The molecule has 4 nitrogen and oxygen atoms in total. The van der Waals surface area contributed by atoms with E-state index >= 15 is 0 Å². The molecule has 1 aromatic heterocycles. The van der Waals surface area contributed by atoms with E-state index in [1.807, 2.05) is 0 Å². The van der Waals surface area contributed by atoms with Gasteiger partial charge >= 0.3 is 0 Å². The van der Waals surface area contributed by atoms with Crippen molar-refractivity contribution in [3.63, 3.8) is 0 Å². The van der Waals surface area contributed by atoms with Crippen LogP contribution in [-0.2, 0) is 10.0 Å². The molecule has 0 aliphatic carbocycles. The van der Waals surface area contributed by atoms with Gasteiger partial charge in [0.15, 0.2) is 0 Å². The maximum absolute atomic E-state index is 13.6. The molecule has 0 amide bonds. The number of hydrogen-bond acceptors (Lipinski definition) is 4. The second-order valence-electron chi connectivity index (χ2n) is 3.51. The van der Waals surface area contributed by atoms with Gasteiger partial charge in [0, 0.05) is 6.07 Å². The van der Waals surface area contributed by atoms with Crippen LogP contribution in [0.4, 0.5) is 10.1 Å². The van der Waals surface area contributed by atoms with E-state index < -0.39 is 15.8 Å². The average Bonchev–Trinajstić information content (AvgIpc) is 2.79. The van der Waals surface area contributed by atoms with E-state index in [0.29, 0.717) is 9.54 Å². The average molecular weight is 366 g/mol. The molecule has 102 valence electrons. The molecular weight excluding hydrogens is 357 g/mol. The molecule has 0 fully saturated rings. The standard InChI is InChI=1S/C11H9BrFNO3S2/c1-17-7-2-3-8(13)9(6-7)14-19(15,16)11-5-4-10(12)18-11/h2-6,14H,1H3. The van der Waals surface area contributed by atoms with E-state index in [9.17, 15) is 12.8 Å². The molecule has 8 heteroatoms. The number of sulfonamides is 1. The molecule has 0 saturated carbocycles. The fourth-order valence-electron chi connectivity index (χ4n) is 1.35. The fraction of sp³-hybridized carbons (Fsp3) is 0.0909. The molecule has 1 N–H and O–H groups in total. The Kier molecular flexibility index (Phi) is 4.12. The highest BCUT2D eigenvalue weighted by molar-refractivity contribution is 9.11. The minimum atomic E-state index is -3.80. The third-order valence-electron chi connectivity index (χ3n) is 2.23. The number of benzene rings is 1. The zero-order valence-corrected chi connectivity index (χ0v) is 12.9. The van der Waals surface area contributed by atoms with Crippen LogP contribution >= 0.6 is 27.3 Å². The molecule has 0 aliphatic rings. The first-order valence-corrected chi connectivity index (χ1v) is 8.13. The smallest absolute Gasteiger partial charge is 0.271 e. The normalized spacial score (nSPS) is 11.3. The van der Waals surface area contributed by atoms with Gasteiger partial charge in [-0.3, -0.25) is 4.72 Å². The maximum Gasteiger partial charge on any atom is 0.271 e. The molecule has 2 aromatic rings. The van der Waals surface area contributed by atoms with Crippen LogP contribution in [0.2, 0.25) is 0 Å². The maximum atomic E-state index is 13.6. The highest BCUT2D eigenvalue weighted by Crippen LogP contribution is 2.29. The molecule has 1 aromatic carbocycles. The molecule has 0 unspecified atom stereocenters. The van der Waals surface area contributed by atoms with Crippen molar-refractivity contribution in [3.05, 3.63) is 39.9 Å². The Morgan fingerprint density at radius 3 is 2.63 bits per heavy atom. The van der Waals surface area contributed by atoms with E-state index in [0.717, 1.165) is 17.4 Å². The van der Waals surface area contributed by atoms with Gasteiger partial charge in [0.05, 0.1) is 16.6 Å². The number of thiophene rings is 1. The molecular formula is C11H9BrFNO3S2. The van der Waals surface area contributed by atoms with Gasteiger partial charge in [-0.15, -0.1) is 11.3 Å². The van der Waals surface area contributed by atoms with E-state index in [2.05, 4.69) is 20.7 Å². The summed E-state index contributed by atoms with van der Waals surface area (Å²) < 4.78 is 45.5. The van der Waals surface area contributed by atoms with Gasteiger partial charge in [0.25, 0.3) is 10.0 Å². The van der Waals surface area contributed by atoms with Crippen molar-refractivity contribution in [1.82, 2.24) is 0 Å². The van der Waals surface area contributed by atoms with Crippen LogP contribution in [0.25, 0.3) is 0 Å². The quantitative estimate of drug-likeness (QED) is 0.902. The lowest BCUT2D eigenvalue weighted by Crippen LogP contribution is -2.12. The van der Waals surface area contributed by atoms with Gasteiger partial charge < -0.3 is 4.74 Å². The molecule has 0 aliphatic heterocycles. The third-order valence-corrected chi connectivity index (χ3v) is 5.71. The Bertz CT molecular complexity index is 700. The van der Waals surface area contributed by atoms with Crippen molar-refractivity contribution in [2.24, 2.45) is 0 Å². The van der Waals surface area contributed by atoms with Crippen molar-refractivity contribution in [2.75, 3.05) is 11.8 Å². The van der Waals surface area contributed by atoms with Gasteiger partial charge in [0.1, 0.15) is 15.8 Å². The minimum Gasteiger partial charge on any atom is -0.497 e. The molecule has 0 radical (unpaired) electrons. The fourth-order valence-corrected chi connectivity index (χ4v) is 4.41. The third kappa shape index (κ3) is 3.26. The topological polar surface area (TPSA) is 55.4 Å². The summed E-state index contributed by atoms with van der Waals surface area (Å²) in [5, 5.41) is 0. The Hall–Kier alpha value is -1.12. The van der Waals surface area contributed by atoms with Crippen LogP contribution in [0.15, 0.2) is 38.3 Å². The number of rotatable bonds is 4. The number of hydrogen-bond donors (Lipinski definition) is 1. The minimum absolute atomic E-state index is 0.0987. The highest BCUT2D eigenvalue weighted by Gasteiger charge is 2.18. The molecule has 0 atom stereocenters. The number of nitrogens with one attached hydrogen (secondary N) is 1. The number of halogens is 2. The van der Waals surface area contributed by atoms with Crippen LogP contribution in [0, 0.1) is 5.82 Å². The Labute approximate surface area is 122 Å². The SMILES string of the molecule is COc1ccc(F)c(NS(=O)(=O)c2ccc(Br)s2)c1. The molecule has 0 saturated heterocycles. The summed E-state index contributed by atoms with van der Waals surface area (Å²) in [5.74, 6) is -0.300. The van der Waals surface area contributed by atoms with E-state index in [4.69, 9.17) is 4.74 Å². The zero-order valence-electron chi connectivity index (χ0n) is 9.68. The summed E-state index contributed by atoms with van der Waals surface area (Å²) in [4.78, 5) is 0. The lowest BCUT2D eigenvalue weighted by molar-refractivity contribution is 0.414. The summed E-state index contributed by atoms with van der Waals surface area (Å²) in [5.41, 5.74) is -0.149. The van der Waals surface area contributed by atoms with Crippen LogP contribution in [-0.4, -0.2) is 15.5 Å². The van der Waals surface area contributed by atoms with Gasteiger partial charge in [-0.25, -0.2) is 12.8 Å². The van der Waals surface area contributed by atoms with Gasteiger partial charge in [-0.2, -0.15) is 0 Å². The number of anilines is 1. The van der Waals surface area contributed by atoms with Crippen molar-refractivity contribution >= 4 is 43.0 Å². The first-order chi connectivity index (χ1) is 8.92. The molecule has 1 heterocycles. The highest BCUT2D eigenvalue weighted by atomic mass is 79.9. The monoisotopic (exact) mass is 365 g/mol. The van der Waals surface area contributed by atoms with Crippen LogP contribution in [0.1, 0.15) is 0 Å². The van der Waals surface area contributed by atoms with E-state index in [1.54, 1.807) is 6.07 Å². The van der Waals surface area contributed by atoms with E-state index in [-0.39, 0.29) is 9.90 Å². The van der Waals surface area contributed by atoms with Crippen molar-refractivity contribution in [1.29, 1.82) is 0 Å². The predicted molar refractivity (Wildman–Crippen MR) is 75.8 cm³/mol. The number of ether oxygens (including phenoxy) is 1. The van der Waals surface area contributed by atoms with Gasteiger partial charge in [0.2, 0.25) is 0 Å². The van der Waals surface area contributed by atoms with Crippen molar-refractivity contribution < 1.29 is 17.5 Å². The second kappa shape index (κ2) is 5.48. The summed E-state index contributed by atoms with van der Waals surface area (Å²) >= 11 is 4.22. The van der Waals surface area contributed by atoms with Crippen molar-refractivity contribution in [3.8, 4) is 5.75 Å². The van der Waals surface area contributed by atoms with Crippen LogP contribution in [0.3, 0.4) is 0 Å². The Balaban J connectivity index is 2.35. The largest absolute Gasteiger partial charge is 0.497 e. The number of methoxy groups -OCH3 is 1. The first-order valence-electron chi connectivity index (χ1n) is 5.04. The van der Waals surface area contributed by atoms with E-state index in [1.165, 1.54) is 25.3 Å². The lowest BCUT2D eigenvalue weighted by Gasteiger charge is -2.08. The molecule has 2 rings (SSSR count). The van der Waals surface area contributed by atoms with Crippen LogP contribution < -0.4 is 9.46 Å². The molecule has 19 heavy (non-hydrogen) atoms. The van der Waals surface area contributed by atoms with Gasteiger partial charge in [-0.1, -0.05) is 0 Å². The summed E-state index contributed by atoms with van der Waals surface area (Å²) in [6, 6.07) is 6.89.